The van der Waals surface area contributed by atoms with Crippen LogP contribution < -0.4 is 0 Å². The molecule has 0 fully saturated rings. The van der Waals surface area contributed by atoms with Crippen molar-refractivity contribution in [2.24, 2.45) is 0 Å². The van der Waals surface area contributed by atoms with Crippen molar-refractivity contribution in [2.45, 2.75) is 12.1 Å². The molecule has 0 aromatic carbocycles. The molecular weight excluding hydrogens is 150 g/mol. The summed E-state index contributed by atoms with van der Waals surface area (Å²) in [4.78, 5) is 2.25. The molecule has 0 spiro atoms. The average molecular weight is 168 g/mol. The first-order valence-corrected chi connectivity index (χ1v) is 6.03. The summed E-state index contributed by atoms with van der Waals surface area (Å²) in [6.07, 6.45) is 5.28. The standard InChI is InChI=1S/C9H18NSi/c1-5-7-11(8-6-2)9-10(3)4/h5-6H,1-2,7-9H2,3-4H3. The van der Waals surface area contributed by atoms with Gasteiger partial charge in [0.05, 0.1) is 8.80 Å². The Hall–Kier alpha value is -0.343. The zero-order valence-electron chi connectivity index (χ0n) is 7.64. The summed E-state index contributed by atoms with van der Waals surface area (Å²) in [5.74, 6) is 0. The van der Waals surface area contributed by atoms with Gasteiger partial charge in [0.2, 0.25) is 0 Å². The minimum absolute atomic E-state index is 0.256. The van der Waals surface area contributed by atoms with Gasteiger partial charge in [-0.15, -0.1) is 13.2 Å². The molecule has 63 valence electrons. The predicted molar refractivity (Wildman–Crippen MR) is 54.3 cm³/mol. The highest BCUT2D eigenvalue weighted by Crippen LogP contribution is 2.01. The molecule has 0 saturated heterocycles. The molecule has 1 nitrogen and oxygen atoms in total. The van der Waals surface area contributed by atoms with Crippen LogP contribution in [0.3, 0.4) is 0 Å². The lowest BCUT2D eigenvalue weighted by Crippen LogP contribution is -2.28. The van der Waals surface area contributed by atoms with Crippen molar-refractivity contribution in [2.75, 3.05) is 20.3 Å². The maximum atomic E-state index is 3.76. The van der Waals surface area contributed by atoms with E-state index in [-0.39, 0.29) is 8.80 Å². The minimum Gasteiger partial charge on any atom is -0.312 e. The Balaban J connectivity index is 3.67. The molecule has 0 unspecified atom stereocenters. The monoisotopic (exact) mass is 168 g/mol. The number of hydrogen-bond acceptors (Lipinski definition) is 1. The fourth-order valence-electron chi connectivity index (χ4n) is 1.07. The zero-order valence-corrected chi connectivity index (χ0v) is 8.64. The molecule has 0 heterocycles. The molecule has 0 aromatic rings. The Morgan fingerprint density at radius 3 is 1.91 bits per heavy atom. The maximum Gasteiger partial charge on any atom is 0.0727 e. The third-order valence-corrected chi connectivity index (χ3v) is 4.22. The van der Waals surface area contributed by atoms with Gasteiger partial charge in [-0.1, -0.05) is 12.2 Å². The van der Waals surface area contributed by atoms with Gasteiger partial charge >= 0.3 is 0 Å². The summed E-state index contributed by atoms with van der Waals surface area (Å²) in [5.41, 5.74) is 0. The lowest BCUT2D eigenvalue weighted by molar-refractivity contribution is 0.473. The van der Waals surface area contributed by atoms with E-state index < -0.39 is 0 Å². The van der Waals surface area contributed by atoms with Crippen LogP contribution in [0.4, 0.5) is 0 Å². The fraction of sp³-hybridized carbons (Fsp3) is 0.556. The molecule has 0 saturated carbocycles. The van der Waals surface area contributed by atoms with E-state index in [1.165, 1.54) is 18.3 Å². The van der Waals surface area contributed by atoms with Crippen LogP contribution >= 0.6 is 0 Å². The second kappa shape index (κ2) is 6.37. The quantitative estimate of drug-likeness (QED) is 0.433. The molecule has 0 N–H and O–H groups in total. The van der Waals surface area contributed by atoms with Crippen LogP contribution in [0.1, 0.15) is 0 Å². The minimum atomic E-state index is -0.256. The third-order valence-electron chi connectivity index (χ3n) is 1.41. The van der Waals surface area contributed by atoms with Crippen LogP contribution in [0.15, 0.2) is 25.3 Å². The smallest absolute Gasteiger partial charge is 0.0727 e. The summed E-state index contributed by atoms with van der Waals surface area (Å²) in [6.45, 7) is 7.53. The summed E-state index contributed by atoms with van der Waals surface area (Å²) in [6, 6.07) is 2.38. The Morgan fingerprint density at radius 2 is 1.64 bits per heavy atom. The van der Waals surface area contributed by atoms with E-state index in [0.29, 0.717) is 0 Å². The lowest BCUT2D eigenvalue weighted by atomic mass is 10.7. The van der Waals surface area contributed by atoms with Crippen molar-refractivity contribution in [1.29, 1.82) is 0 Å². The first-order chi connectivity index (χ1) is 5.20. The van der Waals surface area contributed by atoms with Crippen LogP contribution in [0.25, 0.3) is 0 Å². The Labute approximate surface area is 72.0 Å². The summed E-state index contributed by atoms with van der Waals surface area (Å²) < 4.78 is 0. The Bertz CT molecular complexity index is 111. The molecule has 0 aromatic heterocycles. The Kier molecular flexibility index (Phi) is 6.17. The van der Waals surface area contributed by atoms with Crippen molar-refractivity contribution in [3.05, 3.63) is 25.3 Å². The Morgan fingerprint density at radius 1 is 1.18 bits per heavy atom. The van der Waals surface area contributed by atoms with E-state index in [0.717, 1.165) is 0 Å². The van der Waals surface area contributed by atoms with Crippen LogP contribution in [0, 0.1) is 0 Å². The molecule has 2 heteroatoms. The molecule has 11 heavy (non-hydrogen) atoms. The molecule has 1 radical (unpaired) electrons. The average Bonchev–Trinajstić information content (AvgIpc) is 1.87. The van der Waals surface area contributed by atoms with Gasteiger partial charge in [-0.3, -0.25) is 0 Å². The number of allylic oxidation sites excluding steroid dienone is 2. The molecule has 0 aliphatic rings. The van der Waals surface area contributed by atoms with E-state index in [2.05, 4.69) is 32.2 Å². The summed E-state index contributed by atoms with van der Waals surface area (Å²) in [5, 5.41) is 0. The van der Waals surface area contributed by atoms with Gasteiger partial charge in [-0.05, 0) is 32.4 Å². The second-order valence-corrected chi connectivity index (χ2v) is 5.61. The molecule has 0 atom stereocenters. The topological polar surface area (TPSA) is 3.24 Å². The van der Waals surface area contributed by atoms with Crippen LogP contribution in [0.5, 0.6) is 0 Å². The molecule has 0 rings (SSSR count). The van der Waals surface area contributed by atoms with E-state index in [1.54, 1.807) is 0 Å². The first-order valence-electron chi connectivity index (χ1n) is 3.90. The normalized spacial score (nSPS) is 10.5. The van der Waals surface area contributed by atoms with E-state index >= 15 is 0 Å². The van der Waals surface area contributed by atoms with Gasteiger partial charge in [0.15, 0.2) is 0 Å². The number of rotatable bonds is 6. The van der Waals surface area contributed by atoms with E-state index in [4.69, 9.17) is 0 Å². The maximum absolute atomic E-state index is 3.76. The largest absolute Gasteiger partial charge is 0.312 e. The van der Waals surface area contributed by atoms with Crippen molar-refractivity contribution in [3.63, 3.8) is 0 Å². The predicted octanol–water partition coefficient (Wildman–Crippen LogP) is 1.95. The van der Waals surface area contributed by atoms with Crippen molar-refractivity contribution < 1.29 is 0 Å². The molecule has 0 aliphatic carbocycles. The number of nitrogens with zero attached hydrogens (tertiary/aromatic N) is 1. The lowest BCUT2D eigenvalue weighted by Gasteiger charge is -2.16. The van der Waals surface area contributed by atoms with E-state index in [1.807, 2.05) is 12.2 Å². The van der Waals surface area contributed by atoms with Crippen LogP contribution in [0.2, 0.25) is 12.1 Å². The van der Waals surface area contributed by atoms with Gasteiger partial charge in [-0.2, -0.15) is 0 Å². The molecule has 0 aliphatic heterocycles. The summed E-state index contributed by atoms with van der Waals surface area (Å²) >= 11 is 0. The van der Waals surface area contributed by atoms with Gasteiger partial charge in [0.25, 0.3) is 0 Å². The highest BCUT2D eigenvalue weighted by atomic mass is 28.3. The second-order valence-electron chi connectivity index (χ2n) is 2.97. The van der Waals surface area contributed by atoms with Gasteiger partial charge in [-0.25, -0.2) is 0 Å². The zero-order chi connectivity index (χ0) is 8.69. The molecule has 0 bridgehead atoms. The fourth-order valence-corrected chi connectivity index (χ4v) is 3.20. The van der Waals surface area contributed by atoms with Crippen LogP contribution in [-0.4, -0.2) is 34.0 Å². The highest BCUT2D eigenvalue weighted by Gasteiger charge is 2.07. The molecule has 0 amide bonds. The first kappa shape index (κ1) is 10.7. The SMILES string of the molecule is C=CC[Si](CC=C)CN(C)C. The summed E-state index contributed by atoms with van der Waals surface area (Å²) in [7, 11) is 3.99. The van der Waals surface area contributed by atoms with Crippen molar-refractivity contribution in [3.8, 4) is 0 Å². The van der Waals surface area contributed by atoms with Crippen molar-refractivity contribution in [1.82, 2.24) is 4.90 Å². The van der Waals surface area contributed by atoms with Gasteiger partial charge < -0.3 is 4.90 Å². The number of hydrogen-bond donors (Lipinski definition) is 0. The van der Waals surface area contributed by atoms with Gasteiger partial charge in [0.1, 0.15) is 0 Å². The molecular formula is C9H18NSi. The van der Waals surface area contributed by atoms with Gasteiger partial charge in [0, 0.05) is 0 Å². The van der Waals surface area contributed by atoms with E-state index in [9.17, 15) is 0 Å². The highest BCUT2D eigenvalue weighted by molar-refractivity contribution is 6.59. The third kappa shape index (κ3) is 6.07. The van der Waals surface area contributed by atoms with Crippen molar-refractivity contribution >= 4 is 8.80 Å². The van der Waals surface area contributed by atoms with Crippen LogP contribution in [-0.2, 0) is 0 Å².